The lowest BCUT2D eigenvalue weighted by Crippen LogP contribution is -2.45. The van der Waals surface area contributed by atoms with Crippen LogP contribution in [0.1, 0.15) is 328 Å². The Hall–Kier alpha value is -2.18. The lowest BCUT2D eigenvalue weighted by molar-refractivity contribution is -0.143. The second-order valence-corrected chi connectivity index (χ2v) is 21.4. The first-order valence-electron chi connectivity index (χ1n) is 31.4. The number of esters is 1. The van der Waals surface area contributed by atoms with E-state index in [1.807, 2.05) is 6.08 Å². The maximum Gasteiger partial charge on any atom is 0.305 e. The third-order valence-electron chi connectivity index (χ3n) is 14.3. The minimum Gasteiger partial charge on any atom is -0.466 e. The van der Waals surface area contributed by atoms with Crippen LogP contribution in [0.3, 0.4) is 0 Å². The molecule has 0 aromatic carbocycles. The van der Waals surface area contributed by atoms with Gasteiger partial charge in [-0.05, 0) is 89.9 Å². The van der Waals surface area contributed by atoms with Gasteiger partial charge < -0.3 is 20.3 Å². The van der Waals surface area contributed by atoms with E-state index in [0.717, 1.165) is 51.4 Å². The highest BCUT2D eigenvalue weighted by Crippen LogP contribution is 2.17. The van der Waals surface area contributed by atoms with Crippen LogP contribution < -0.4 is 5.32 Å². The Balaban J connectivity index is 3.40. The molecule has 2 unspecified atom stereocenters. The molecule has 3 N–H and O–H groups in total. The van der Waals surface area contributed by atoms with Crippen molar-refractivity contribution < 1.29 is 24.5 Å². The maximum absolute atomic E-state index is 12.4. The predicted octanol–water partition coefficient (Wildman–Crippen LogP) is 19.7. The Labute approximate surface area is 442 Å². The predicted molar refractivity (Wildman–Crippen MR) is 310 cm³/mol. The number of hydrogen-bond acceptors (Lipinski definition) is 5. The molecule has 0 heterocycles. The molecule has 71 heavy (non-hydrogen) atoms. The fourth-order valence-electron chi connectivity index (χ4n) is 9.48. The average molecular weight is 997 g/mol. The summed E-state index contributed by atoms with van der Waals surface area (Å²) in [7, 11) is 0. The van der Waals surface area contributed by atoms with Crippen LogP contribution in [-0.2, 0) is 14.3 Å². The Morgan fingerprint density at radius 1 is 0.394 bits per heavy atom. The highest BCUT2D eigenvalue weighted by molar-refractivity contribution is 5.76. The van der Waals surface area contributed by atoms with Gasteiger partial charge in [-0.1, -0.05) is 274 Å². The number of ether oxygens (including phenoxy) is 1. The first-order valence-corrected chi connectivity index (χ1v) is 31.4. The monoisotopic (exact) mass is 996 g/mol. The Morgan fingerprint density at radius 3 is 1.11 bits per heavy atom. The van der Waals surface area contributed by atoms with Gasteiger partial charge in [-0.15, -0.1) is 0 Å². The molecule has 0 fully saturated rings. The second-order valence-electron chi connectivity index (χ2n) is 21.4. The number of aliphatic hydroxyl groups is 2. The molecule has 0 rings (SSSR count). The molecule has 0 saturated carbocycles. The summed E-state index contributed by atoms with van der Waals surface area (Å²) in [6.45, 7) is 4.87. The van der Waals surface area contributed by atoms with Gasteiger partial charge in [0.05, 0.1) is 25.4 Å². The van der Waals surface area contributed by atoms with E-state index in [4.69, 9.17) is 4.74 Å². The number of unbranched alkanes of at least 4 members (excludes halogenated alkanes) is 41. The van der Waals surface area contributed by atoms with Gasteiger partial charge in [0.25, 0.3) is 0 Å². The number of aliphatic hydroxyl groups excluding tert-OH is 2. The lowest BCUT2D eigenvalue weighted by atomic mass is 10.0. The molecule has 0 bridgehead atoms. The zero-order valence-electron chi connectivity index (χ0n) is 47.5. The smallest absolute Gasteiger partial charge is 0.305 e. The molecule has 0 aliphatic carbocycles. The van der Waals surface area contributed by atoms with Crippen LogP contribution in [0.2, 0.25) is 0 Å². The molecule has 416 valence electrons. The van der Waals surface area contributed by atoms with Crippen molar-refractivity contribution in [2.24, 2.45) is 0 Å². The molecule has 0 aliphatic rings. The van der Waals surface area contributed by atoms with Gasteiger partial charge in [-0.3, -0.25) is 9.59 Å². The van der Waals surface area contributed by atoms with Gasteiger partial charge >= 0.3 is 5.97 Å². The lowest BCUT2D eigenvalue weighted by Gasteiger charge is -2.20. The van der Waals surface area contributed by atoms with Crippen molar-refractivity contribution in [1.82, 2.24) is 5.32 Å². The van der Waals surface area contributed by atoms with Crippen LogP contribution in [0.5, 0.6) is 0 Å². The van der Waals surface area contributed by atoms with Gasteiger partial charge in [0, 0.05) is 12.8 Å². The summed E-state index contributed by atoms with van der Waals surface area (Å²) in [5.41, 5.74) is 0. The van der Waals surface area contributed by atoms with Crippen LogP contribution in [0, 0.1) is 0 Å². The molecule has 0 aromatic rings. The minimum atomic E-state index is -0.844. The van der Waals surface area contributed by atoms with Gasteiger partial charge in [-0.25, -0.2) is 0 Å². The molecule has 6 nitrogen and oxygen atoms in total. The summed E-state index contributed by atoms with van der Waals surface area (Å²) < 4.78 is 5.48. The van der Waals surface area contributed by atoms with E-state index >= 15 is 0 Å². The summed E-state index contributed by atoms with van der Waals surface area (Å²) >= 11 is 0. The van der Waals surface area contributed by atoms with E-state index in [2.05, 4.69) is 55.6 Å². The Bertz CT molecular complexity index is 1190. The van der Waals surface area contributed by atoms with Crippen LogP contribution >= 0.6 is 0 Å². The van der Waals surface area contributed by atoms with Crippen molar-refractivity contribution in [3.8, 4) is 0 Å². The van der Waals surface area contributed by atoms with Crippen LogP contribution in [-0.4, -0.2) is 47.4 Å². The second kappa shape index (κ2) is 60.4. The molecule has 1 amide bonds. The number of amides is 1. The largest absolute Gasteiger partial charge is 0.466 e. The van der Waals surface area contributed by atoms with E-state index in [1.165, 1.54) is 250 Å². The molecule has 0 aromatic heterocycles. The van der Waals surface area contributed by atoms with Gasteiger partial charge in [0.15, 0.2) is 0 Å². The number of rotatable bonds is 58. The number of allylic oxidation sites excluding steroid dienone is 7. The minimum absolute atomic E-state index is 0.000309. The van der Waals surface area contributed by atoms with Gasteiger partial charge in [0.2, 0.25) is 5.91 Å². The molecule has 2 atom stereocenters. The Kier molecular flexibility index (Phi) is 58.5. The molecular weight excluding hydrogens is 875 g/mol. The number of nitrogens with one attached hydrogen (secondary N) is 1. The highest BCUT2D eigenvalue weighted by Gasteiger charge is 2.18. The summed E-state index contributed by atoms with van der Waals surface area (Å²) in [6.07, 6.45) is 77.3. The molecule has 0 spiro atoms. The number of carbonyl (C=O) groups is 2. The van der Waals surface area contributed by atoms with Crippen molar-refractivity contribution in [1.29, 1.82) is 0 Å². The van der Waals surface area contributed by atoms with Gasteiger partial charge in [0.1, 0.15) is 0 Å². The van der Waals surface area contributed by atoms with E-state index in [-0.39, 0.29) is 18.5 Å². The summed E-state index contributed by atoms with van der Waals surface area (Å²) in [5.74, 6) is -0.0692. The van der Waals surface area contributed by atoms with Crippen molar-refractivity contribution in [2.45, 2.75) is 341 Å². The van der Waals surface area contributed by atoms with E-state index in [9.17, 15) is 19.8 Å². The van der Waals surface area contributed by atoms with Crippen molar-refractivity contribution >= 4 is 11.9 Å². The van der Waals surface area contributed by atoms with Crippen LogP contribution in [0.15, 0.2) is 48.6 Å². The summed E-state index contributed by atoms with van der Waals surface area (Å²) in [6, 6.07) is -0.628. The van der Waals surface area contributed by atoms with Crippen molar-refractivity contribution in [3.05, 3.63) is 48.6 Å². The molecule has 0 saturated heterocycles. The topological polar surface area (TPSA) is 95.9 Å². The number of hydrogen-bond donors (Lipinski definition) is 3. The van der Waals surface area contributed by atoms with Crippen molar-refractivity contribution in [2.75, 3.05) is 13.2 Å². The fourth-order valence-corrected chi connectivity index (χ4v) is 9.48. The van der Waals surface area contributed by atoms with E-state index in [1.54, 1.807) is 6.08 Å². The standard InChI is InChI=1S/C65H121NO5/c1-3-5-7-9-11-13-15-17-31-35-39-43-47-51-55-59-65(70)71-60-56-52-48-44-40-36-33-30-28-26-24-22-20-18-19-21-23-25-27-29-32-34-38-42-46-50-54-58-64(69)66-62(61-67)63(68)57-53-49-45-41-37-16-14-12-10-8-6-4-2/h11,13,17-19,31,53,57,62-63,67-68H,3-10,12,14-16,20-30,32-52,54-56,58-61H2,1-2H3,(H,66,69)/b13-11-,19-18-,31-17-,57-53+. The molecule has 0 aliphatic heterocycles. The zero-order chi connectivity index (χ0) is 51.4. The first kappa shape index (κ1) is 68.8. The Morgan fingerprint density at radius 2 is 0.704 bits per heavy atom. The average Bonchev–Trinajstić information content (AvgIpc) is 3.37. The molecule has 6 heteroatoms. The van der Waals surface area contributed by atoms with Crippen LogP contribution in [0.25, 0.3) is 0 Å². The van der Waals surface area contributed by atoms with Crippen molar-refractivity contribution in [3.63, 3.8) is 0 Å². The van der Waals surface area contributed by atoms with Crippen LogP contribution in [0.4, 0.5) is 0 Å². The quantitative estimate of drug-likeness (QED) is 0.0321. The first-order chi connectivity index (χ1) is 35.0. The normalized spacial score (nSPS) is 12.9. The molecule has 0 radical (unpaired) electrons. The number of carbonyl (C=O) groups excluding carboxylic acids is 2. The zero-order valence-corrected chi connectivity index (χ0v) is 47.5. The molecular formula is C65H121NO5. The van der Waals surface area contributed by atoms with Gasteiger partial charge in [-0.2, -0.15) is 0 Å². The SMILES string of the molecule is CCCCC/C=C\C/C=C\CCCCCCCC(=O)OCCCCCCCCCCCCCC/C=C\CCCCCCCCCCCCCC(=O)NC(CO)C(O)/C=C/CCCCCCCCCCCC. The summed E-state index contributed by atoms with van der Waals surface area (Å²) in [5, 5.41) is 23.1. The third kappa shape index (κ3) is 57.0. The highest BCUT2D eigenvalue weighted by atomic mass is 16.5. The summed E-state index contributed by atoms with van der Waals surface area (Å²) in [4.78, 5) is 24.5. The fraction of sp³-hybridized carbons (Fsp3) is 0.846. The van der Waals surface area contributed by atoms with E-state index < -0.39 is 12.1 Å². The third-order valence-corrected chi connectivity index (χ3v) is 14.3. The van der Waals surface area contributed by atoms with E-state index in [0.29, 0.717) is 19.4 Å². The maximum atomic E-state index is 12.4.